The molecule has 1 aliphatic heterocycles. The van der Waals surface area contributed by atoms with Gasteiger partial charge < -0.3 is 15.7 Å². The molecule has 1 saturated carbocycles. The maximum atomic E-state index is 11.9. The summed E-state index contributed by atoms with van der Waals surface area (Å²) in [6.07, 6.45) is 3.53. The van der Waals surface area contributed by atoms with Gasteiger partial charge in [-0.25, -0.2) is 0 Å². The maximum absolute atomic E-state index is 11.9. The Morgan fingerprint density at radius 3 is 2.12 bits per heavy atom. The van der Waals surface area contributed by atoms with Crippen molar-refractivity contribution < 1.29 is 14.7 Å². The van der Waals surface area contributed by atoms with Crippen LogP contribution in [0.4, 0.5) is 0 Å². The number of rotatable bonds is 2. The lowest BCUT2D eigenvalue weighted by Gasteiger charge is -2.40. The smallest absolute Gasteiger partial charge is 0.310 e. The number of hydrogen-bond acceptors (Lipinski definition) is 3. The van der Waals surface area contributed by atoms with Crippen LogP contribution < -0.4 is 5.73 Å². The first-order valence-corrected chi connectivity index (χ1v) is 5.85. The first-order chi connectivity index (χ1) is 7.58. The minimum Gasteiger partial charge on any atom is -0.481 e. The van der Waals surface area contributed by atoms with Crippen LogP contribution in [-0.2, 0) is 9.59 Å². The Hall–Kier alpha value is -1.10. The number of carbonyl (C=O) groups is 2. The van der Waals surface area contributed by atoms with E-state index in [9.17, 15) is 9.59 Å². The van der Waals surface area contributed by atoms with E-state index in [4.69, 9.17) is 10.8 Å². The molecule has 0 unspecified atom stereocenters. The quantitative estimate of drug-likeness (QED) is 0.696. The Bertz CT molecular complexity index is 292. The number of carboxylic acid groups (broad SMARTS) is 1. The summed E-state index contributed by atoms with van der Waals surface area (Å²) in [6, 6.07) is 0.243. The van der Waals surface area contributed by atoms with Crippen LogP contribution in [0, 0.1) is 11.8 Å². The Morgan fingerprint density at radius 1 is 1.06 bits per heavy atom. The fourth-order valence-electron chi connectivity index (χ4n) is 2.44. The van der Waals surface area contributed by atoms with Crippen molar-refractivity contribution in [3.63, 3.8) is 0 Å². The topological polar surface area (TPSA) is 83.6 Å². The van der Waals surface area contributed by atoms with Gasteiger partial charge in [0.25, 0.3) is 0 Å². The van der Waals surface area contributed by atoms with E-state index in [1.807, 2.05) is 0 Å². The highest BCUT2D eigenvalue weighted by Crippen LogP contribution is 2.27. The van der Waals surface area contributed by atoms with Crippen LogP contribution in [0.5, 0.6) is 0 Å². The van der Waals surface area contributed by atoms with Crippen LogP contribution in [0.1, 0.15) is 25.7 Å². The van der Waals surface area contributed by atoms with Crippen molar-refractivity contribution in [2.75, 3.05) is 13.1 Å². The maximum Gasteiger partial charge on any atom is 0.310 e. The molecule has 90 valence electrons. The van der Waals surface area contributed by atoms with E-state index in [1.54, 1.807) is 4.90 Å². The van der Waals surface area contributed by atoms with Gasteiger partial charge in [-0.15, -0.1) is 0 Å². The molecule has 3 N–H and O–H groups in total. The average Bonchev–Trinajstić information content (AvgIpc) is 2.15. The summed E-state index contributed by atoms with van der Waals surface area (Å²) in [7, 11) is 0. The van der Waals surface area contributed by atoms with Gasteiger partial charge in [0, 0.05) is 25.0 Å². The molecular formula is C11H18N2O3. The lowest BCUT2D eigenvalue weighted by molar-refractivity contribution is -0.155. The number of carbonyl (C=O) groups excluding carboxylic acids is 1. The van der Waals surface area contributed by atoms with Crippen molar-refractivity contribution in [1.82, 2.24) is 4.90 Å². The highest BCUT2D eigenvalue weighted by atomic mass is 16.4. The molecule has 2 fully saturated rings. The summed E-state index contributed by atoms with van der Waals surface area (Å²) in [5.41, 5.74) is 5.78. The van der Waals surface area contributed by atoms with Crippen molar-refractivity contribution in [2.45, 2.75) is 31.7 Å². The van der Waals surface area contributed by atoms with E-state index < -0.39 is 5.97 Å². The Morgan fingerprint density at radius 2 is 1.62 bits per heavy atom. The number of amides is 1. The predicted octanol–water partition coefficient (Wildman–Crippen LogP) is 0.0469. The van der Waals surface area contributed by atoms with Gasteiger partial charge in [-0.05, 0) is 25.7 Å². The zero-order valence-electron chi connectivity index (χ0n) is 9.26. The van der Waals surface area contributed by atoms with E-state index in [0.717, 1.165) is 25.7 Å². The molecule has 5 heteroatoms. The lowest BCUT2D eigenvalue weighted by Crippen LogP contribution is -2.55. The molecule has 5 nitrogen and oxygen atoms in total. The minimum atomic E-state index is -0.797. The summed E-state index contributed by atoms with van der Waals surface area (Å²) in [4.78, 5) is 24.2. The number of hydrogen-bond donors (Lipinski definition) is 2. The number of carboxylic acids is 1. The molecule has 0 atom stereocenters. The number of likely N-dealkylation sites (tertiary alicyclic amines) is 1. The molecule has 2 aliphatic rings. The van der Waals surface area contributed by atoms with Gasteiger partial charge in [-0.1, -0.05) is 0 Å². The molecule has 0 aromatic carbocycles. The molecule has 0 bridgehead atoms. The zero-order valence-corrected chi connectivity index (χ0v) is 9.26. The fourth-order valence-corrected chi connectivity index (χ4v) is 2.44. The SMILES string of the molecule is NC1CCC(C(=O)N2CC(C(=O)O)C2)CC1. The lowest BCUT2D eigenvalue weighted by atomic mass is 9.84. The molecule has 1 amide bonds. The summed E-state index contributed by atoms with van der Waals surface area (Å²) in [5, 5.41) is 8.72. The molecule has 2 rings (SSSR count). The van der Waals surface area contributed by atoms with Crippen molar-refractivity contribution in [3.8, 4) is 0 Å². The second kappa shape index (κ2) is 4.41. The zero-order chi connectivity index (χ0) is 11.7. The van der Waals surface area contributed by atoms with E-state index in [-0.39, 0.29) is 23.8 Å². The van der Waals surface area contributed by atoms with E-state index >= 15 is 0 Å². The van der Waals surface area contributed by atoms with Crippen molar-refractivity contribution in [1.29, 1.82) is 0 Å². The summed E-state index contributed by atoms with van der Waals surface area (Å²) in [6.45, 7) is 0.771. The van der Waals surface area contributed by atoms with E-state index in [2.05, 4.69) is 0 Å². The summed E-state index contributed by atoms with van der Waals surface area (Å²) >= 11 is 0. The van der Waals surface area contributed by atoms with Crippen LogP contribution in [0.15, 0.2) is 0 Å². The first kappa shape index (κ1) is 11.4. The van der Waals surface area contributed by atoms with Crippen molar-refractivity contribution >= 4 is 11.9 Å². The number of nitrogens with zero attached hydrogens (tertiary/aromatic N) is 1. The van der Waals surface area contributed by atoms with Crippen molar-refractivity contribution in [3.05, 3.63) is 0 Å². The van der Waals surface area contributed by atoms with E-state index in [1.165, 1.54) is 0 Å². The van der Waals surface area contributed by atoms with Crippen LogP contribution in [0.3, 0.4) is 0 Å². The Kier molecular flexibility index (Phi) is 3.14. The molecule has 0 radical (unpaired) electrons. The minimum absolute atomic E-state index is 0.0783. The molecular weight excluding hydrogens is 208 g/mol. The largest absolute Gasteiger partial charge is 0.481 e. The van der Waals surface area contributed by atoms with Crippen LogP contribution in [0.2, 0.25) is 0 Å². The summed E-state index contributed by atoms with van der Waals surface area (Å²) in [5.74, 6) is -0.941. The molecule has 0 spiro atoms. The fraction of sp³-hybridized carbons (Fsp3) is 0.818. The highest BCUT2D eigenvalue weighted by Gasteiger charge is 2.38. The van der Waals surface area contributed by atoms with E-state index in [0.29, 0.717) is 13.1 Å². The van der Waals surface area contributed by atoms with Gasteiger partial charge in [-0.2, -0.15) is 0 Å². The highest BCUT2D eigenvalue weighted by molar-refractivity contribution is 5.82. The molecule has 1 aliphatic carbocycles. The van der Waals surface area contributed by atoms with Crippen LogP contribution in [0.25, 0.3) is 0 Å². The van der Waals surface area contributed by atoms with Gasteiger partial charge in [0.15, 0.2) is 0 Å². The van der Waals surface area contributed by atoms with Gasteiger partial charge in [0.1, 0.15) is 0 Å². The van der Waals surface area contributed by atoms with Crippen LogP contribution >= 0.6 is 0 Å². The standard InChI is InChI=1S/C11H18N2O3/c12-9-3-1-7(2-4-9)10(14)13-5-8(6-13)11(15)16/h7-9H,1-6,12H2,(H,15,16). The van der Waals surface area contributed by atoms with Gasteiger partial charge in [-0.3, -0.25) is 9.59 Å². The van der Waals surface area contributed by atoms with Gasteiger partial charge >= 0.3 is 5.97 Å². The van der Waals surface area contributed by atoms with Crippen molar-refractivity contribution in [2.24, 2.45) is 17.6 Å². The third kappa shape index (κ3) is 2.19. The Labute approximate surface area is 94.6 Å². The second-order valence-corrected chi connectivity index (χ2v) is 4.89. The normalized spacial score (nSPS) is 30.9. The second-order valence-electron chi connectivity index (χ2n) is 4.89. The Balaban J connectivity index is 1.79. The third-order valence-electron chi connectivity index (χ3n) is 3.66. The monoisotopic (exact) mass is 226 g/mol. The van der Waals surface area contributed by atoms with Crippen LogP contribution in [-0.4, -0.2) is 41.0 Å². The predicted molar refractivity (Wildman–Crippen MR) is 57.6 cm³/mol. The average molecular weight is 226 g/mol. The molecule has 16 heavy (non-hydrogen) atoms. The number of nitrogens with two attached hydrogens (primary N) is 1. The molecule has 0 aromatic rings. The molecule has 1 heterocycles. The molecule has 1 saturated heterocycles. The van der Waals surface area contributed by atoms with Gasteiger partial charge in [0.05, 0.1) is 5.92 Å². The summed E-state index contributed by atoms with van der Waals surface area (Å²) < 4.78 is 0. The number of aliphatic carboxylic acids is 1. The first-order valence-electron chi connectivity index (χ1n) is 5.85. The van der Waals surface area contributed by atoms with Gasteiger partial charge in [0.2, 0.25) is 5.91 Å². The molecule has 0 aromatic heterocycles. The third-order valence-corrected chi connectivity index (χ3v) is 3.66.